The Morgan fingerprint density at radius 2 is 2.06 bits per heavy atom. The first kappa shape index (κ1) is 11.2. The van der Waals surface area contributed by atoms with Crippen LogP contribution in [-0.2, 0) is 0 Å². The van der Waals surface area contributed by atoms with Gasteiger partial charge in [-0.3, -0.25) is 0 Å². The van der Waals surface area contributed by atoms with E-state index in [2.05, 4.69) is 10.3 Å². The third-order valence-corrected chi connectivity index (χ3v) is 3.29. The fourth-order valence-corrected chi connectivity index (χ4v) is 2.30. The van der Waals surface area contributed by atoms with Gasteiger partial charge in [-0.2, -0.15) is 0 Å². The number of nitrogens with zero attached hydrogens (tertiary/aromatic N) is 1. The van der Waals surface area contributed by atoms with Crippen molar-refractivity contribution < 1.29 is 5.11 Å². The van der Waals surface area contributed by atoms with Crippen LogP contribution in [0.2, 0.25) is 0 Å². The van der Waals surface area contributed by atoms with Gasteiger partial charge in [0.25, 0.3) is 0 Å². The lowest BCUT2D eigenvalue weighted by molar-refractivity contribution is 0.172. The van der Waals surface area contributed by atoms with Crippen LogP contribution in [0.4, 0.5) is 11.5 Å². The first-order valence-corrected chi connectivity index (χ1v) is 5.85. The Labute approximate surface area is 95.9 Å². The number of nitrogen functional groups attached to an aromatic ring is 1. The predicted molar refractivity (Wildman–Crippen MR) is 65.2 cm³/mol. The van der Waals surface area contributed by atoms with Crippen LogP contribution >= 0.6 is 0 Å². The Morgan fingerprint density at radius 3 is 2.62 bits per heavy atom. The number of nitrogens with two attached hydrogens (primary N) is 1. The van der Waals surface area contributed by atoms with E-state index in [0.29, 0.717) is 5.69 Å². The minimum atomic E-state index is -0.179. The average molecular weight is 221 g/mol. The lowest BCUT2D eigenvalue weighted by Gasteiger charge is -2.36. The van der Waals surface area contributed by atoms with Crippen molar-refractivity contribution in [1.29, 1.82) is 0 Å². The molecule has 1 heterocycles. The summed E-state index contributed by atoms with van der Waals surface area (Å²) in [4.78, 5) is 4.22. The van der Waals surface area contributed by atoms with Gasteiger partial charge in [0, 0.05) is 0 Å². The van der Waals surface area contributed by atoms with Gasteiger partial charge >= 0.3 is 0 Å². The monoisotopic (exact) mass is 221 g/mol. The predicted octanol–water partition coefficient (Wildman–Crippen LogP) is 1.77. The number of aliphatic hydroxyl groups is 1. The molecule has 1 fully saturated rings. The number of anilines is 2. The molecule has 4 heteroatoms. The SMILES string of the molecule is Nc1ccc(NC2(CO)CCCCC2)nc1. The van der Waals surface area contributed by atoms with Crippen LogP contribution < -0.4 is 11.1 Å². The first-order valence-electron chi connectivity index (χ1n) is 5.85. The highest BCUT2D eigenvalue weighted by Gasteiger charge is 2.31. The van der Waals surface area contributed by atoms with Crippen LogP contribution in [0.15, 0.2) is 18.3 Å². The van der Waals surface area contributed by atoms with Gasteiger partial charge in [0.2, 0.25) is 0 Å². The third-order valence-electron chi connectivity index (χ3n) is 3.29. The Hall–Kier alpha value is -1.29. The van der Waals surface area contributed by atoms with Gasteiger partial charge < -0.3 is 16.2 Å². The highest BCUT2D eigenvalue weighted by molar-refractivity contribution is 5.45. The Kier molecular flexibility index (Phi) is 3.29. The fourth-order valence-electron chi connectivity index (χ4n) is 2.30. The minimum Gasteiger partial charge on any atom is -0.397 e. The molecule has 88 valence electrons. The molecule has 0 bridgehead atoms. The van der Waals surface area contributed by atoms with Crippen molar-refractivity contribution in [3.05, 3.63) is 18.3 Å². The molecule has 0 atom stereocenters. The summed E-state index contributed by atoms with van der Waals surface area (Å²) in [6, 6.07) is 3.69. The van der Waals surface area contributed by atoms with E-state index in [9.17, 15) is 5.11 Å². The lowest BCUT2D eigenvalue weighted by atomic mass is 9.82. The first-order chi connectivity index (χ1) is 7.74. The van der Waals surface area contributed by atoms with Crippen LogP contribution in [0.25, 0.3) is 0 Å². The van der Waals surface area contributed by atoms with Crippen molar-refractivity contribution in [3.8, 4) is 0 Å². The number of hydrogen-bond donors (Lipinski definition) is 3. The Balaban J connectivity index is 2.08. The molecule has 4 nitrogen and oxygen atoms in total. The quantitative estimate of drug-likeness (QED) is 0.727. The molecule has 0 saturated heterocycles. The molecule has 0 spiro atoms. The van der Waals surface area contributed by atoms with E-state index in [0.717, 1.165) is 18.7 Å². The van der Waals surface area contributed by atoms with Crippen LogP contribution in [0.3, 0.4) is 0 Å². The molecule has 0 radical (unpaired) electrons. The fraction of sp³-hybridized carbons (Fsp3) is 0.583. The van der Waals surface area contributed by atoms with Crippen molar-refractivity contribution >= 4 is 11.5 Å². The molecule has 16 heavy (non-hydrogen) atoms. The van der Waals surface area contributed by atoms with E-state index in [1.54, 1.807) is 6.20 Å². The molecule has 1 aromatic heterocycles. The summed E-state index contributed by atoms with van der Waals surface area (Å²) in [5.41, 5.74) is 6.07. The minimum absolute atomic E-state index is 0.166. The Morgan fingerprint density at radius 1 is 1.31 bits per heavy atom. The highest BCUT2D eigenvalue weighted by atomic mass is 16.3. The average Bonchev–Trinajstić information content (AvgIpc) is 2.33. The van der Waals surface area contributed by atoms with Crippen molar-refractivity contribution in [2.45, 2.75) is 37.6 Å². The summed E-state index contributed by atoms with van der Waals surface area (Å²) in [5, 5.41) is 12.9. The highest BCUT2D eigenvalue weighted by Crippen LogP contribution is 2.30. The van der Waals surface area contributed by atoms with Gasteiger partial charge in [0.15, 0.2) is 0 Å². The second-order valence-electron chi connectivity index (χ2n) is 4.60. The van der Waals surface area contributed by atoms with E-state index in [1.807, 2.05) is 12.1 Å². The van der Waals surface area contributed by atoms with Crippen molar-refractivity contribution in [2.24, 2.45) is 0 Å². The molecule has 4 N–H and O–H groups in total. The number of aliphatic hydroxyl groups excluding tert-OH is 1. The topological polar surface area (TPSA) is 71.2 Å². The number of hydrogen-bond acceptors (Lipinski definition) is 4. The molecule has 0 amide bonds. The summed E-state index contributed by atoms with van der Waals surface area (Å²) in [5.74, 6) is 0.796. The van der Waals surface area contributed by atoms with E-state index < -0.39 is 0 Å². The van der Waals surface area contributed by atoms with Crippen LogP contribution in [0, 0.1) is 0 Å². The van der Waals surface area contributed by atoms with Crippen LogP contribution in [0.1, 0.15) is 32.1 Å². The summed E-state index contributed by atoms with van der Waals surface area (Å²) >= 11 is 0. The maximum Gasteiger partial charge on any atom is 0.126 e. The van der Waals surface area contributed by atoms with Crippen molar-refractivity contribution in [1.82, 2.24) is 4.98 Å². The summed E-state index contributed by atoms with van der Waals surface area (Å²) in [6.07, 6.45) is 7.25. The zero-order valence-corrected chi connectivity index (χ0v) is 9.45. The molecule has 0 unspecified atom stereocenters. The summed E-state index contributed by atoms with van der Waals surface area (Å²) in [6.45, 7) is 0.166. The standard InChI is InChI=1S/C12H19N3O/c13-10-4-5-11(14-8-10)15-12(9-16)6-2-1-3-7-12/h4-5,8,16H,1-3,6-7,9,13H2,(H,14,15). The van der Waals surface area contributed by atoms with Crippen molar-refractivity contribution in [3.63, 3.8) is 0 Å². The second kappa shape index (κ2) is 4.70. The summed E-state index contributed by atoms with van der Waals surface area (Å²) < 4.78 is 0. The molecule has 1 aromatic rings. The lowest BCUT2D eigenvalue weighted by Crippen LogP contribution is -2.44. The second-order valence-corrected chi connectivity index (χ2v) is 4.60. The number of nitrogens with one attached hydrogen (secondary N) is 1. The van der Waals surface area contributed by atoms with E-state index in [-0.39, 0.29) is 12.1 Å². The maximum absolute atomic E-state index is 9.54. The van der Waals surface area contributed by atoms with Gasteiger partial charge in [0.05, 0.1) is 24.0 Å². The maximum atomic E-state index is 9.54. The van der Waals surface area contributed by atoms with Gasteiger partial charge in [-0.25, -0.2) is 4.98 Å². The Bertz CT molecular complexity index is 331. The van der Waals surface area contributed by atoms with E-state index in [1.165, 1.54) is 19.3 Å². The molecule has 2 rings (SSSR count). The van der Waals surface area contributed by atoms with Gasteiger partial charge in [0.1, 0.15) is 5.82 Å². The molecular weight excluding hydrogens is 202 g/mol. The molecule has 1 aliphatic carbocycles. The van der Waals surface area contributed by atoms with E-state index >= 15 is 0 Å². The smallest absolute Gasteiger partial charge is 0.126 e. The normalized spacial score (nSPS) is 19.3. The van der Waals surface area contributed by atoms with Crippen molar-refractivity contribution in [2.75, 3.05) is 17.7 Å². The molecule has 0 aliphatic heterocycles. The van der Waals surface area contributed by atoms with Gasteiger partial charge in [-0.1, -0.05) is 19.3 Å². The number of rotatable bonds is 3. The third kappa shape index (κ3) is 2.44. The summed E-state index contributed by atoms with van der Waals surface area (Å²) in [7, 11) is 0. The van der Waals surface area contributed by atoms with Gasteiger partial charge in [-0.05, 0) is 25.0 Å². The number of aromatic nitrogens is 1. The molecule has 1 saturated carbocycles. The molecule has 0 aromatic carbocycles. The molecule has 1 aliphatic rings. The molecular formula is C12H19N3O. The zero-order valence-electron chi connectivity index (χ0n) is 9.45. The zero-order chi connectivity index (χ0) is 11.4. The van der Waals surface area contributed by atoms with Crippen LogP contribution in [0.5, 0.6) is 0 Å². The van der Waals surface area contributed by atoms with Crippen LogP contribution in [-0.4, -0.2) is 22.2 Å². The van der Waals surface area contributed by atoms with E-state index in [4.69, 9.17) is 5.73 Å². The largest absolute Gasteiger partial charge is 0.397 e. The number of pyridine rings is 1. The van der Waals surface area contributed by atoms with Gasteiger partial charge in [-0.15, -0.1) is 0 Å².